The summed E-state index contributed by atoms with van der Waals surface area (Å²) in [4.78, 5) is 44.3. The zero-order chi connectivity index (χ0) is 30.2. The van der Waals surface area contributed by atoms with E-state index in [1.807, 2.05) is 6.92 Å². The third-order valence-electron chi connectivity index (χ3n) is 7.70. The quantitative estimate of drug-likeness (QED) is 0.255. The van der Waals surface area contributed by atoms with Gasteiger partial charge in [-0.1, -0.05) is 11.3 Å². The Hall–Kier alpha value is -3.88. The van der Waals surface area contributed by atoms with Crippen LogP contribution in [0.1, 0.15) is 37.0 Å². The predicted molar refractivity (Wildman–Crippen MR) is 154 cm³/mol. The number of halogens is 1. The van der Waals surface area contributed by atoms with E-state index in [1.165, 1.54) is 75.0 Å². The van der Waals surface area contributed by atoms with Gasteiger partial charge in [-0.15, -0.1) is 4.80 Å². The van der Waals surface area contributed by atoms with E-state index in [1.54, 1.807) is 14.0 Å². The summed E-state index contributed by atoms with van der Waals surface area (Å²) in [5, 5.41) is 9.40. The predicted octanol–water partition coefficient (Wildman–Crippen LogP) is 2.63. The van der Waals surface area contributed by atoms with E-state index in [9.17, 15) is 18.8 Å². The van der Waals surface area contributed by atoms with Gasteiger partial charge in [-0.05, 0) is 38.5 Å². The normalized spacial score (nSPS) is 18.1. The first-order chi connectivity index (χ1) is 20.1. The Bertz CT molecular complexity index is 1730. The topological polar surface area (TPSA) is 123 Å². The monoisotopic (exact) mass is 600 g/mol. The largest absolute Gasteiger partial charge is 0.496 e. The highest BCUT2D eigenvalue weighted by atomic mass is 32.1. The van der Waals surface area contributed by atoms with Gasteiger partial charge in [-0.25, -0.2) is 9.18 Å². The Morgan fingerprint density at radius 2 is 1.88 bits per heavy atom. The summed E-state index contributed by atoms with van der Waals surface area (Å²) < 4.78 is 34.1. The number of fused-ring (bicyclic) bond motifs is 1. The molecule has 0 saturated carbocycles. The second-order valence-corrected chi connectivity index (χ2v) is 11.5. The van der Waals surface area contributed by atoms with E-state index >= 15 is 0 Å². The number of amides is 1. The van der Waals surface area contributed by atoms with Gasteiger partial charge in [0.1, 0.15) is 27.5 Å². The van der Waals surface area contributed by atoms with Crippen LogP contribution in [0.15, 0.2) is 40.2 Å². The highest BCUT2D eigenvalue weighted by molar-refractivity contribution is 7.21. The molecule has 224 valence electrons. The molecule has 4 heterocycles. The van der Waals surface area contributed by atoms with Gasteiger partial charge in [0, 0.05) is 38.2 Å². The maximum absolute atomic E-state index is 14.5. The number of carbonyl (C=O) groups is 1. The Kier molecular flexibility index (Phi) is 8.30. The molecule has 1 aliphatic rings. The molecule has 2 atom stereocenters. The average Bonchev–Trinajstić information content (AvgIpc) is 3.60. The second-order valence-electron chi connectivity index (χ2n) is 10.5. The van der Waals surface area contributed by atoms with Crippen LogP contribution in [0.25, 0.3) is 15.2 Å². The number of ether oxygens (including phenoxy) is 3. The lowest BCUT2D eigenvalue weighted by molar-refractivity contribution is -0.135. The van der Waals surface area contributed by atoms with Crippen molar-refractivity contribution in [3.63, 3.8) is 0 Å². The summed E-state index contributed by atoms with van der Waals surface area (Å²) in [6, 6.07) is 4.10. The van der Waals surface area contributed by atoms with Crippen molar-refractivity contribution in [1.82, 2.24) is 29.0 Å². The number of thiophene rings is 1. The molecule has 1 unspecified atom stereocenters. The van der Waals surface area contributed by atoms with Gasteiger partial charge in [-0.2, -0.15) is 10.2 Å². The van der Waals surface area contributed by atoms with Crippen LogP contribution in [0.3, 0.4) is 0 Å². The molecule has 1 amide bonds. The minimum atomic E-state index is -0.964. The summed E-state index contributed by atoms with van der Waals surface area (Å²) in [5.74, 6) is -0.153. The lowest BCUT2D eigenvalue weighted by Crippen LogP contribution is -2.57. The second kappa shape index (κ2) is 11.8. The number of hydrogen-bond donors (Lipinski definition) is 0. The van der Waals surface area contributed by atoms with Crippen LogP contribution in [-0.4, -0.2) is 76.0 Å². The van der Waals surface area contributed by atoms with E-state index in [4.69, 9.17) is 14.2 Å². The fourth-order valence-electron chi connectivity index (χ4n) is 5.55. The number of methoxy groups -OCH3 is 2. The summed E-state index contributed by atoms with van der Waals surface area (Å²) in [5.41, 5.74) is -0.960. The maximum atomic E-state index is 14.5. The van der Waals surface area contributed by atoms with Gasteiger partial charge >= 0.3 is 5.69 Å². The molecule has 12 nitrogen and oxygen atoms in total. The van der Waals surface area contributed by atoms with E-state index in [0.29, 0.717) is 38.5 Å². The number of benzene rings is 1. The number of likely N-dealkylation sites (tertiary alicyclic amines) is 1. The van der Waals surface area contributed by atoms with E-state index in [-0.39, 0.29) is 38.6 Å². The molecule has 0 aliphatic carbocycles. The highest BCUT2D eigenvalue weighted by Gasteiger charge is 2.39. The molecular formula is C28H33FN6O6S. The highest BCUT2D eigenvalue weighted by Crippen LogP contribution is 2.35. The van der Waals surface area contributed by atoms with Gasteiger partial charge in [0.05, 0.1) is 50.2 Å². The molecule has 42 heavy (non-hydrogen) atoms. The fourth-order valence-corrected chi connectivity index (χ4v) is 6.77. The summed E-state index contributed by atoms with van der Waals surface area (Å²) in [7, 11) is 4.67. The van der Waals surface area contributed by atoms with Gasteiger partial charge in [0.25, 0.3) is 5.56 Å². The Morgan fingerprint density at radius 1 is 1.14 bits per heavy atom. The average molecular weight is 601 g/mol. The Labute approximate surface area is 244 Å². The van der Waals surface area contributed by atoms with Gasteiger partial charge in [0.15, 0.2) is 0 Å². The molecule has 0 bridgehead atoms. The fraction of sp³-hybridized carbons (Fsp3) is 0.464. The summed E-state index contributed by atoms with van der Waals surface area (Å²) >= 11 is 1.21. The molecule has 3 aromatic heterocycles. The van der Waals surface area contributed by atoms with Crippen molar-refractivity contribution in [2.75, 3.05) is 41.0 Å². The van der Waals surface area contributed by atoms with Crippen molar-refractivity contribution in [1.29, 1.82) is 0 Å². The molecule has 14 heteroatoms. The minimum Gasteiger partial charge on any atom is -0.496 e. The van der Waals surface area contributed by atoms with Crippen molar-refractivity contribution < 1.29 is 23.4 Å². The zero-order valence-corrected chi connectivity index (χ0v) is 24.9. The summed E-state index contributed by atoms with van der Waals surface area (Å²) in [6.07, 6.45) is 2.74. The molecule has 0 spiro atoms. The minimum absolute atomic E-state index is 0.0505. The first-order valence-electron chi connectivity index (χ1n) is 13.4. The van der Waals surface area contributed by atoms with Crippen LogP contribution in [-0.2, 0) is 26.4 Å². The number of hydrogen-bond acceptors (Lipinski definition) is 9. The Balaban J connectivity index is 1.76. The van der Waals surface area contributed by atoms with E-state index in [0.717, 1.165) is 0 Å². The van der Waals surface area contributed by atoms with Crippen molar-refractivity contribution in [2.45, 2.75) is 44.9 Å². The van der Waals surface area contributed by atoms with Crippen LogP contribution in [0.2, 0.25) is 0 Å². The van der Waals surface area contributed by atoms with Crippen molar-refractivity contribution in [3.8, 4) is 10.8 Å². The van der Waals surface area contributed by atoms with Gasteiger partial charge in [-0.3, -0.25) is 18.7 Å². The number of likely N-dealkylation sites (N-methyl/N-ethyl adjacent to an activating group) is 1. The number of aryl methyl sites for hydroxylation is 1. The number of carbonyl (C=O) groups excluding carboxylic acids is 1. The van der Waals surface area contributed by atoms with Gasteiger partial charge < -0.3 is 19.1 Å². The Morgan fingerprint density at radius 3 is 2.55 bits per heavy atom. The van der Waals surface area contributed by atoms with Crippen molar-refractivity contribution in [3.05, 3.63) is 68.4 Å². The van der Waals surface area contributed by atoms with Crippen LogP contribution < -0.4 is 16.0 Å². The molecule has 4 aromatic rings. The molecule has 1 fully saturated rings. The molecule has 0 N–H and O–H groups in total. The van der Waals surface area contributed by atoms with Gasteiger partial charge in [0.2, 0.25) is 5.91 Å². The lowest BCUT2D eigenvalue weighted by Gasteiger charge is -2.39. The number of aromatic nitrogens is 5. The van der Waals surface area contributed by atoms with Crippen LogP contribution in [0.4, 0.5) is 4.39 Å². The first-order valence-corrected chi connectivity index (χ1v) is 14.3. The van der Waals surface area contributed by atoms with Crippen LogP contribution >= 0.6 is 11.3 Å². The van der Waals surface area contributed by atoms with Crippen LogP contribution in [0.5, 0.6) is 5.75 Å². The maximum Gasteiger partial charge on any atom is 0.332 e. The third-order valence-corrected chi connectivity index (χ3v) is 8.98. The molecule has 1 saturated heterocycles. The molecule has 0 radical (unpaired) electrons. The number of nitrogens with zero attached hydrogens (tertiary/aromatic N) is 6. The van der Waals surface area contributed by atoms with Crippen molar-refractivity contribution in [2.24, 2.45) is 0 Å². The molecule has 1 aromatic carbocycles. The lowest BCUT2D eigenvalue weighted by atomic mass is 9.90. The smallest absolute Gasteiger partial charge is 0.332 e. The third kappa shape index (κ3) is 5.25. The van der Waals surface area contributed by atoms with Crippen molar-refractivity contribution >= 4 is 27.5 Å². The number of piperidine rings is 1. The summed E-state index contributed by atoms with van der Waals surface area (Å²) in [6.45, 7) is 4.16. The van der Waals surface area contributed by atoms with Crippen LogP contribution in [0, 0.1) is 12.7 Å². The molecule has 5 rings (SSSR count). The number of rotatable bonds is 10. The molecular weight excluding hydrogens is 567 g/mol. The zero-order valence-electron chi connectivity index (χ0n) is 24.1. The molecule has 1 aliphatic heterocycles. The standard InChI is InChI=1S/C28H33FN6O6S/c1-17-23-24(37)34(28(2)9-8-22(36)32(3)16-28)27(38)33(26(23)42-25(17)35-30-10-11-31-35)15-21(41-13-12-39-4)19-14-18(29)6-7-20(19)40-5/h6-7,10-11,14,21H,8-9,12-13,15-16H2,1-5H3/t21?,28-/m0/s1. The first kappa shape index (κ1) is 29.6. The SMILES string of the molecule is COCCOC(Cn1c(=O)n([C@@]2(C)CCC(=O)N(C)C2)c(=O)c2c(C)c(-n3nccn3)sc21)c1cc(F)ccc1OC. The van der Waals surface area contributed by atoms with E-state index < -0.39 is 28.7 Å². The van der Waals surface area contributed by atoms with E-state index in [2.05, 4.69) is 10.2 Å².